The van der Waals surface area contributed by atoms with Crippen LogP contribution in [0.2, 0.25) is 0 Å². The number of rotatable bonds is 7. The van der Waals surface area contributed by atoms with Crippen LogP contribution in [0.3, 0.4) is 0 Å². The molecule has 0 aliphatic heterocycles. The van der Waals surface area contributed by atoms with Gasteiger partial charge < -0.3 is 13.9 Å². The van der Waals surface area contributed by atoms with Gasteiger partial charge in [0.1, 0.15) is 6.26 Å². The number of aromatic nitrogens is 1. The Bertz CT molecular complexity index is 675. The molecule has 116 valence electrons. The van der Waals surface area contributed by atoms with Crippen molar-refractivity contribution in [2.24, 2.45) is 11.0 Å². The van der Waals surface area contributed by atoms with Crippen LogP contribution in [0.15, 0.2) is 34.0 Å². The van der Waals surface area contributed by atoms with E-state index in [-0.39, 0.29) is 6.54 Å². The second-order valence-corrected chi connectivity index (χ2v) is 5.10. The van der Waals surface area contributed by atoms with Crippen molar-refractivity contribution < 1.29 is 13.9 Å². The lowest BCUT2D eigenvalue weighted by Gasteiger charge is -2.13. The van der Waals surface area contributed by atoms with Gasteiger partial charge in [0.15, 0.2) is 11.5 Å². The molecule has 7 heteroatoms. The summed E-state index contributed by atoms with van der Waals surface area (Å²) in [7, 11) is 1.60. The molecule has 0 unspecified atom stereocenters. The van der Waals surface area contributed by atoms with Crippen LogP contribution in [0.5, 0.6) is 11.5 Å². The zero-order chi connectivity index (χ0) is 15.9. The molecule has 1 heterocycles. The highest BCUT2D eigenvalue weighted by Crippen LogP contribution is 2.32. The van der Waals surface area contributed by atoms with Crippen LogP contribution in [0.25, 0.3) is 21.9 Å². The molecular formula is C15H18N4O3. The standard InChI is InChI=1S/C15H18N4O3/c1-10(2)8-21-14-6-11(4-5-13(14)20-3)15-18-12(9-22-15)7-17-19-16/h4-6,9-10H,7-8H2,1-3H3. The Balaban J connectivity index is 2.25. The second kappa shape index (κ2) is 7.38. The van der Waals surface area contributed by atoms with Gasteiger partial charge in [-0.1, -0.05) is 19.0 Å². The number of hydrogen-bond donors (Lipinski definition) is 0. The van der Waals surface area contributed by atoms with Crippen LogP contribution in [0.4, 0.5) is 0 Å². The van der Waals surface area contributed by atoms with E-state index < -0.39 is 0 Å². The highest BCUT2D eigenvalue weighted by Gasteiger charge is 2.12. The molecule has 7 nitrogen and oxygen atoms in total. The third-order valence-electron chi connectivity index (χ3n) is 2.83. The van der Waals surface area contributed by atoms with E-state index in [1.807, 2.05) is 18.2 Å². The van der Waals surface area contributed by atoms with Gasteiger partial charge in [-0.2, -0.15) is 0 Å². The summed E-state index contributed by atoms with van der Waals surface area (Å²) < 4.78 is 16.5. The topological polar surface area (TPSA) is 93.3 Å². The summed E-state index contributed by atoms with van der Waals surface area (Å²) in [6.07, 6.45) is 1.48. The van der Waals surface area contributed by atoms with Crippen molar-refractivity contribution >= 4 is 0 Å². The quantitative estimate of drug-likeness (QED) is 0.435. The summed E-state index contributed by atoms with van der Waals surface area (Å²) >= 11 is 0. The number of benzene rings is 1. The van der Waals surface area contributed by atoms with Crippen molar-refractivity contribution in [3.63, 3.8) is 0 Å². The summed E-state index contributed by atoms with van der Waals surface area (Å²) in [6.45, 7) is 4.90. The molecule has 0 fully saturated rings. The molecule has 0 atom stereocenters. The molecule has 0 saturated carbocycles. The van der Waals surface area contributed by atoms with Gasteiger partial charge >= 0.3 is 0 Å². The average Bonchev–Trinajstić information content (AvgIpc) is 2.99. The summed E-state index contributed by atoms with van der Waals surface area (Å²) in [5, 5.41) is 3.46. The van der Waals surface area contributed by atoms with E-state index in [0.717, 1.165) is 5.56 Å². The van der Waals surface area contributed by atoms with Crippen molar-refractivity contribution in [3.8, 4) is 23.0 Å². The van der Waals surface area contributed by atoms with E-state index in [2.05, 4.69) is 28.9 Å². The lowest BCUT2D eigenvalue weighted by Crippen LogP contribution is -2.05. The van der Waals surface area contributed by atoms with Crippen molar-refractivity contribution in [2.45, 2.75) is 20.4 Å². The molecule has 1 aromatic heterocycles. The van der Waals surface area contributed by atoms with Crippen molar-refractivity contribution in [1.82, 2.24) is 4.98 Å². The molecule has 1 aromatic carbocycles. The Hall–Kier alpha value is -2.66. The molecule has 0 saturated heterocycles. The number of ether oxygens (including phenoxy) is 2. The van der Waals surface area contributed by atoms with Crippen LogP contribution < -0.4 is 9.47 Å². The number of hydrogen-bond acceptors (Lipinski definition) is 5. The van der Waals surface area contributed by atoms with Crippen LogP contribution in [0.1, 0.15) is 19.5 Å². The Labute approximate surface area is 128 Å². The minimum absolute atomic E-state index is 0.160. The van der Waals surface area contributed by atoms with Gasteiger partial charge in [-0.05, 0) is 29.6 Å². The molecule has 0 aliphatic rings. The lowest BCUT2D eigenvalue weighted by atomic mass is 10.2. The molecule has 2 rings (SSSR count). The monoisotopic (exact) mass is 302 g/mol. The fourth-order valence-electron chi connectivity index (χ4n) is 1.80. The third kappa shape index (κ3) is 3.93. The number of oxazole rings is 1. The Morgan fingerprint density at radius 1 is 1.36 bits per heavy atom. The number of nitrogens with zero attached hydrogens (tertiary/aromatic N) is 4. The highest BCUT2D eigenvalue weighted by molar-refractivity contribution is 5.60. The van der Waals surface area contributed by atoms with E-state index in [4.69, 9.17) is 19.4 Å². The first-order valence-corrected chi connectivity index (χ1v) is 6.90. The maximum Gasteiger partial charge on any atom is 0.226 e. The minimum atomic E-state index is 0.160. The van der Waals surface area contributed by atoms with Gasteiger partial charge in [0.25, 0.3) is 0 Å². The van der Waals surface area contributed by atoms with Crippen LogP contribution in [-0.2, 0) is 6.54 Å². The van der Waals surface area contributed by atoms with Crippen LogP contribution in [0, 0.1) is 5.92 Å². The van der Waals surface area contributed by atoms with E-state index >= 15 is 0 Å². The van der Waals surface area contributed by atoms with Crippen LogP contribution in [-0.4, -0.2) is 18.7 Å². The van der Waals surface area contributed by atoms with Gasteiger partial charge in [0, 0.05) is 10.5 Å². The van der Waals surface area contributed by atoms with Gasteiger partial charge in [0.2, 0.25) is 5.89 Å². The highest BCUT2D eigenvalue weighted by atomic mass is 16.5. The molecule has 22 heavy (non-hydrogen) atoms. The smallest absolute Gasteiger partial charge is 0.226 e. The third-order valence-corrected chi connectivity index (χ3v) is 2.83. The van der Waals surface area contributed by atoms with Gasteiger partial charge in [-0.3, -0.25) is 0 Å². The van der Waals surface area contributed by atoms with Gasteiger partial charge in [-0.25, -0.2) is 4.98 Å². The summed E-state index contributed by atoms with van der Waals surface area (Å²) in [5.74, 6) is 2.15. The fraction of sp³-hybridized carbons (Fsp3) is 0.400. The predicted molar refractivity (Wildman–Crippen MR) is 81.7 cm³/mol. The molecule has 0 amide bonds. The van der Waals surface area contributed by atoms with E-state index in [1.54, 1.807) is 7.11 Å². The van der Waals surface area contributed by atoms with Gasteiger partial charge in [0.05, 0.1) is 26.0 Å². The number of azide groups is 1. The van der Waals surface area contributed by atoms with Crippen molar-refractivity contribution in [1.29, 1.82) is 0 Å². The fourth-order valence-corrected chi connectivity index (χ4v) is 1.80. The first kappa shape index (κ1) is 15.7. The Kier molecular flexibility index (Phi) is 5.27. The molecular weight excluding hydrogens is 284 g/mol. The first-order chi connectivity index (χ1) is 10.6. The normalized spacial score (nSPS) is 10.4. The molecule has 0 N–H and O–H groups in total. The zero-order valence-electron chi connectivity index (χ0n) is 12.8. The molecule has 2 aromatic rings. The SMILES string of the molecule is COc1ccc(-c2nc(CN=[N+]=[N-])co2)cc1OCC(C)C. The minimum Gasteiger partial charge on any atom is -0.493 e. The van der Waals surface area contributed by atoms with E-state index in [9.17, 15) is 0 Å². The summed E-state index contributed by atoms with van der Waals surface area (Å²) in [5.41, 5.74) is 9.67. The zero-order valence-corrected chi connectivity index (χ0v) is 12.8. The van der Waals surface area contributed by atoms with E-state index in [1.165, 1.54) is 6.26 Å². The average molecular weight is 302 g/mol. The van der Waals surface area contributed by atoms with Gasteiger partial charge in [-0.15, -0.1) is 0 Å². The van der Waals surface area contributed by atoms with E-state index in [0.29, 0.717) is 35.6 Å². The van der Waals surface area contributed by atoms with Crippen LogP contribution >= 0.6 is 0 Å². The Morgan fingerprint density at radius 3 is 2.86 bits per heavy atom. The summed E-state index contributed by atoms with van der Waals surface area (Å²) in [4.78, 5) is 6.98. The molecule has 0 spiro atoms. The Morgan fingerprint density at radius 2 is 2.18 bits per heavy atom. The maximum atomic E-state index is 8.32. The maximum absolute atomic E-state index is 8.32. The van der Waals surface area contributed by atoms with Crippen molar-refractivity contribution in [3.05, 3.63) is 40.6 Å². The predicted octanol–water partition coefficient (Wildman–Crippen LogP) is 4.20. The lowest BCUT2D eigenvalue weighted by molar-refractivity contribution is 0.257. The summed E-state index contributed by atoms with van der Waals surface area (Å²) in [6, 6.07) is 5.47. The largest absolute Gasteiger partial charge is 0.493 e. The second-order valence-electron chi connectivity index (χ2n) is 5.10. The molecule has 0 bridgehead atoms. The molecule has 0 radical (unpaired) electrons. The first-order valence-electron chi connectivity index (χ1n) is 6.90. The molecule has 0 aliphatic carbocycles. The number of methoxy groups -OCH3 is 1. The van der Waals surface area contributed by atoms with Crippen molar-refractivity contribution in [2.75, 3.05) is 13.7 Å².